The van der Waals surface area contributed by atoms with Crippen LogP contribution in [0.3, 0.4) is 0 Å². The van der Waals surface area contributed by atoms with Crippen LogP contribution in [0.15, 0.2) is 12.5 Å². The molecule has 1 heterocycles. The molecule has 1 N–H and O–H groups in total. The van der Waals surface area contributed by atoms with E-state index in [4.69, 9.17) is 5.11 Å². The molecule has 1 saturated carbocycles. The Bertz CT molecular complexity index is 289. The minimum atomic E-state index is 0.0933. The summed E-state index contributed by atoms with van der Waals surface area (Å²) >= 11 is 0. The number of hydrogen-bond donors (Lipinski definition) is 1. The van der Waals surface area contributed by atoms with Crippen molar-refractivity contribution in [2.45, 2.75) is 39.3 Å². The fraction of sp³-hybridized carbons (Fsp3) is 0.700. The molecule has 0 saturated heterocycles. The minimum absolute atomic E-state index is 0.0933. The number of aliphatic hydroxyl groups excluding tert-OH is 1. The molecule has 0 aromatic carbocycles. The molecule has 0 aliphatic heterocycles. The van der Waals surface area contributed by atoms with E-state index in [0.717, 1.165) is 12.2 Å². The molecule has 72 valence electrons. The maximum atomic E-state index is 9.03. The zero-order valence-electron chi connectivity index (χ0n) is 8.03. The van der Waals surface area contributed by atoms with Crippen molar-refractivity contribution in [1.82, 2.24) is 9.55 Å². The highest BCUT2D eigenvalue weighted by molar-refractivity contribution is 4.98. The molecule has 0 atom stereocenters. The fourth-order valence-corrected chi connectivity index (χ4v) is 1.97. The molecule has 13 heavy (non-hydrogen) atoms. The Kier molecular flexibility index (Phi) is 2.12. The number of nitrogens with zero attached hydrogens (tertiary/aromatic N) is 2. The van der Waals surface area contributed by atoms with Gasteiger partial charge in [0.05, 0.1) is 24.8 Å². The molecule has 1 fully saturated rings. The van der Waals surface area contributed by atoms with E-state index >= 15 is 0 Å². The average molecular weight is 180 g/mol. The maximum absolute atomic E-state index is 9.03. The first-order valence-electron chi connectivity index (χ1n) is 4.83. The molecule has 0 spiro atoms. The Hall–Kier alpha value is -0.830. The second-order valence-corrected chi connectivity index (χ2v) is 4.34. The van der Waals surface area contributed by atoms with E-state index in [1.165, 1.54) is 19.3 Å². The molecule has 0 amide bonds. The summed E-state index contributed by atoms with van der Waals surface area (Å²) in [7, 11) is 0. The van der Waals surface area contributed by atoms with Crippen molar-refractivity contribution in [2.75, 3.05) is 0 Å². The number of imidazole rings is 1. The lowest BCUT2D eigenvalue weighted by Gasteiger charge is -2.38. The lowest BCUT2D eigenvalue weighted by Crippen LogP contribution is -2.31. The number of aliphatic hydroxyl groups is 1. The molecule has 1 aromatic heterocycles. The maximum Gasteiger partial charge on any atom is 0.0949 e. The number of aromatic nitrogens is 2. The Morgan fingerprint density at radius 1 is 1.62 bits per heavy atom. The lowest BCUT2D eigenvalue weighted by molar-refractivity contribution is 0.128. The third kappa shape index (κ3) is 1.61. The number of rotatable bonds is 3. The third-order valence-corrected chi connectivity index (χ3v) is 3.07. The largest absolute Gasteiger partial charge is 0.390 e. The summed E-state index contributed by atoms with van der Waals surface area (Å²) in [5, 5.41) is 9.03. The van der Waals surface area contributed by atoms with Gasteiger partial charge in [-0.1, -0.05) is 13.3 Å². The monoisotopic (exact) mass is 180 g/mol. The van der Waals surface area contributed by atoms with Crippen molar-refractivity contribution in [3.8, 4) is 0 Å². The predicted molar refractivity (Wildman–Crippen MR) is 50.1 cm³/mol. The van der Waals surface area contributed by atoms with Crippen molar-refractivity contribution in [3.05, 3.63) is 18.2 Å². The van der Waals surface area contributed by atoms with Gasteiger partial charge in [0.15, 0.2) is 0 Å². The average Bonchev–Trinajstić information content (AvgIpc) is 2.49. The summed E-state index contributed by atoms with van der Waals surface area (Å²) < 4.78 is 2.07. The van der Waals surface area contributed by atoms with Crippen molar-refractivity contribution in [3.63, 3.8) is 0 Å². The summed E-state index contributed by atoms with van der Waals surface area (Å²) in [6.07, 6.45) is 7.50. The van der Waals surface area contributed by atoms with Crippen LogP contribution in [0.2, 0.25) is 0 Å². The molecular formula is C10H16N2O. The van der Waals surface area contributed by atoms with Gasteiger partial charge in [0.1, 0.15) is 0 Å². The molecule has 1 aliphatic carbocycles. The van der Waals surface area contributed by atoms with E-state index in [9.17, 15) is 0 Å². The first-order valence-corrected chi connectivity index (χ1v) is 4.83. The second kappa shape index (κ2) is 3.14. The van der Waals surface area contributed by atoms with Crippen LogP contribution in [0.1, 0.15) is 31.9 Å². The summed E-state index contributed by atoms with van der Waals surface area (Å²) in [6.45, 7) is 3.40. The van der Waals surface area contributed by atoms with Crippen LogP contribution < -0.4 is 0 Å². The van der Waals surface area contributed by atoms with Crippen LogP contribution in [-0.4, -0.2) is 14.7 Å². The molecule has 1 aromatic rings. The highest BCUT2D eigenvalue weighted by Gasteiger charge is 2.32. The van der Waals surface area contributed by atoms with Crippen molar-refractivity contribution in [1.29, 1.82) is 0 Å². The summed E-state index contributed by atoms with van der Waals surface area (Å²) in [5.41, 5.74) is 1.37. The molecule has 0 unspecified atom stereocenters. The van der Waals surface area contributed by atoms with Crippen LogP contribution >= 0.6 is 0 Å². The van der Waals surface area contributed by atoms with E-state index < -0.39 is 0 Å². The third-order valence-electron chi connectivity index (χ3n) is 3.07. The predicted octanol–water partition coefficient (Wildman–Crippen LogP) is 1.57. The molecule has 3 nitrogen and oxygen atoms in total. The van der Waals surface area contributed by atoms with E-state index in [1.807, 2.05) is 6.33 Å². The number of hydrogen-bond acceptors (Lipinski definition) is 2. The molecule has 0 radical (unpaired) electrons. The van der Waals surface area contributed by atoms with E-state index in [1.54, 1.807) is 6.20 Å². The molecular weight excluding hydrogens is 164 g/mol. The Morgan fingerprint density at radius 2 is 2.38 bits per heavy atom. The van der Waals surface area contributed by atoms with Crippen molar-refractivity contribution in [2.24, 2.45) is 5.41 Å². The fourth-order valence-electron chi connectivity index (χ4n) is 1.97. The van der Waals surface area contributed by atoms with Crippen LogP contribution in [0, 0.1) is 5.41 Å². The Labute approximate surface area is 78.4 Å². The normalized spacial score (nSPS) is 19.8. The van der Waals surface area contributed by atoms with Crippen molar-refractivity contribution >= 4 is 0 Å². The summed E-state index contributed by atoms with van der Waals surface area (Å²) in [4.78, 5) is 4.04. The van der Waals surface area contributed by atoms with Gasteiger partial charge in [-0.05, 0) is 18.3 Å². The lowest BCUT2D eigenvalue weighted by atomic mass is 9.70. The van der Waals surface area contributed by atoms with E-state index in [0.29, 0.717) is 5.41 Å². The van der Waals surface area contributed by atoms with Crippen LogP contribution in [-0.2, 0) is 13.2 Å². The standard InChI is InChI=1S/C10H16N2O/c1-10(3-2-4-10)7-12-8-11-5-9(12)6-13/h5,8,13H,2-4,6-7H2,1H3. The quantitative estimate of drug-likeness (QED) is 0.766. The van der Waals surface area contributed by atoms with Gasteiger partial charge >= 0.3 is 0 Å². The zero-order valence-corrected chi connectivity index (χ0v) is 8.03. The Balaban J connectivity index is 2.08. The van der Waals surface area contributed by atoms with Crippen molar-refractivity contribution < 1.29 is 5.11 Å². The summed E-state index contributed by atoms with van der Waals surface area (Å²) in [5.74, 6) is 0. The molecule has 2 rings (SSSR count). The molecule has 1 aliphatic rings. The van der Waals surface area contributed by atoms with Crippen LogP contribution in [0.25, 0.3) is 0 Å². The van der Waals surface area contributed by atoms with Gasteiger partial charge in [-0.3, -0.25) is 0 Å². The Morgan fingerprint density at radius 3 is 2.92 bits per heavy atom. The smallest absolute Gasteiger partial charge is 0.0949 e. The van der Waals surface area contributed by atoms with E-state index in [2.05, 4.69) is 16.5 Å². The molecule has 3 heteroatoms. The van der Waals surface area contributed by atoms with Gasteiger partial charge in [0, 0.05) is 6.54 Å². The van der Waals surface area contributed by atoms with Gasteiger partial charge in [0.2, 0.25) is 0 Å². The highest BCUT2D eigenvalue weighted by atomic mass is 16.3. The molecule has 0 bridgehead atoms. The highest BCUT2D eigenvalue weighted by Crippen LogP contribution is 2.41. The van der Waals surface area contributed by atoms with Gasteiger partial charge in [-0.25, -0.2) is 4.98 Å². The van der Waals surface area contributed by atoms with Gasteiger partial charge in [-0.15, -0.1) is 0 Å². The summed E-state index contributed by atoms with van der Waals surface area (Å²) in [6, 6.07) is 0. The van der Waals surface area contributed by atoms with Gasteiger partial charge < -0.3 is 9.67 Å². The first-order chi connectivity index (χ1) is 6.23. The first kappa shape index (κ1) is 8.75. The second-order valence-electron chi connectivity index (χ2n) is 4.34. The SMILES string of the molecule is CC1(Cn2cncc2CO)CCC1. The van der Waals surface area contributed by atoms with Gasteiger partial charge in [-0.2, -0.15) is 0 Å². The van der Waals surface area contributed by atoms with Gasteiger partial charge in [0.25, 0.3) is 0 Å². The zero-order chi connectivity index (χ0) is 9.31. The van der Waals surface area contributed by atoms with Crippen LogP contribution in [0.5, 0.6) is 0 Å². The van der Waals surface area contributed by atoms with E-state index in [-0.39, 0.29) is 6.61 Å². The minimum Gasteiger partial charge on any atom is -0.390 e. The topological polar surface area (TPSA) is 38.0 Å². The van der Waals surface area contributed by atoms with Crippen LogP contribution in [0.4, 0.5) is 0 Å².